The molecule has 0 saturated heterocycles. The minimum atomic E-state index is -0.0593. The first-order valence-electron chi connectivity index (χ1n) is 7.41. The molecular weight excluding hydrogens is 312 g/mol. The van der Waals surface area contributed by atoms with Gasteiger partial charge >= 0.3 is 0 Å². The Kier molecular flexibility index (Phi) is 6.85. The van der Waals surface area contributed by atoms with Crippen molar-refractivity contribution < 1.29 is 22.2 Å². The molecule has 0 saturated carbocycles. The van der Waals surface area contributed by atoms with E-state index in [0.717, 1.165) is 5.82 Å². The van der Waals surface area contributed by atoms with Gasteiger partial charge in [-0.25, -0.2) is 4.98 Å². The molecule has 0 fully saturated rings. The highest BCUT2D eigenvalue weighted by atomic mass is 35.5. The Balaban J connectivity index is 0.00000264. The standard InChI is InChI=1S/C17H22N4O.ClH/c1-4-16(22)20-14-7-8-15(21-17(14)18)19-10-13-6-5-11(2)12(3)9-13;/h5-9H,4,10H2,1-3H3,(H,20,22)(H3,18,19,21);1H. The third-order valence-corrected chi connectivity index (χ3v) is 3.63. The lowest BCUT2D eigenvalue weighted by atomic mass is 10.1. The number of halogens is 1. The number of benzene rings is 1. The van der Waals surface area contributed by atoms with Gasteiger partial charge < -0.3 is 28.8 Å². The maximum Gasteiger partial charge on any atom is 0.241 e. The summed E-state index contributed by atoms with van der Waals surface area (Å²) < 4.78 is 0. The van der Waals surface area contributed by atoms with E-state index in [1.165, 1.54) is 16.7 Å². The number of aromatic amines is 1. The molecule has 0 spiro atoms. The number of rotatable bonds is 5. The minimum Gasteiger partial charge on any atom is -1.00 e. The molecule has 0 aliphatic carbocycles. The highest BCUT2D eigenvalue weighted by molar-refractivity contribution is 5.92. The monoisotopic (exact) mass is 334 g/mol. The normalized spacial score (nSPS) is 9.87. The maximum absolute atomic E-state index is 11.4. The summed E-state index contributed by atoms with van der Waals surface area (Å²) in [6.45, 7) is 6.71. The summed E-state index contributed by atoms with van der Waals surface area (Å²) in [6.07, 6.45) is 0.423. The predicted octanol–water partition coefficient (Wildman–Crippen LogP) is -0.336. The molecule has 0 aliphatic heterocycles. The van der Waals surface area contributed by atoms with Gasteiger partial charge in [-0.1, -0.05) is 25.1 Å². The van der Waals surface area contributed by atoms with Crippen LogP contribution in [0.5, 0.6) is 0 Å². The van der Waals surface area contributed by atoms with Crippen molar-refractivity contribution in [2.24, 2.45) is 0 Å². The molecule has 5 nitrogen and oxygen atoms in total. The molecule has 5 N–H and O–H groups in total. The Morgan fingerprint density at radius 3 is 2.52 bits per heavy atom. The van der Waals surface area contributed by atoms with Crippen LogP contribution in [0.4, 0.5) is 17.3 Å². The second kappa shape index (κ2) is 8.39. The lowest BCUT2D eigenvalue weighted by Gasteiger charge is -2.08. The van der Waals surface area contributed by atoms with Gasteiger partial charge in [-0.2, -0.15) is 0 Å². The molecule has 23 heavy (non-hydrogen) atoms. The van der Waals surface area contributed by atoms with Gasteiger partial charge in [0, 0.05) is 12.5 Å². The average molecular weight is 335 g/mol. The van der Waals surface area contributed by atoms with E-state index in [2.05, 4.69) is 47.7 Å². The number of nitrogen functional groups attached to an aromatic ring is 1. The molecule has 0 atom stereocenters. The van der Waals surface area contributed by atoms with Gasteiger partial charge in [0.15, 0.2) is 0 Å². The molecule has 2 aromatic rings. The number of aryl methyl sites for hydroxylation is 2. The molecule has 1 heterocycles. The molecule has 1 aromatic heterocycles. The maximum atomic E-state index is 11.4. The van der Waals surface area contributed by atoms with Crippen LogP contribution in [-0.2, 0) is 11.3 Å². The summed E-state index contributed by atoms with van der Waals surface area (Å²) in [4.78, 5) is 14.4. The van der Waals surface area contributed by atoms with Crippen molar-refractivity contribution in [3.8, 4) is 0 Å². The van der Waals surface area contributed by atoms with Gasteiger partial charge in [0.25, 0.3) is 0 Å². The fraction of sp³-hybridized carbons (Fsp3) is 0.294. The van der Waals surface area contributed by atoms with Crippen LogP contribution in [0.3, 0.4) is 0 Å². The van der Waals surface area contributed by atoms with Gasteiger partial charge in [-0.3, -0.25) is 4.79 Å². The topological polar surface area (TPSA) is 81.3 Å². The van der Waals surface area contributed by atoms with Crippen LogP contribution in [0.15, 0.2) is 30.3 Å². The van der Waals surface area contributed by atoms with Crippen molar-refractivity contribution in [2.45, 2.75) is 33.7 Å². The first-order valence-corrected chi connectivity index (χ1v) is 7.41. The number of hydrogen-bond acceptors (Lipinski definition) is 3. The van der Waals surface area contributed by atoms with Crippen LogP contribution in [0.2, 0.25) is 0 Å². The number of pyridine rings is 1. The van der Waals surface area contributed by atoms with Crippen LogP contribution < -0.4 is 33.8 Å². The van der Waals surface area contributed by atoms with Crippen LogP contribution in [0.1, 0.15) is 30.0 Å². The van der Waals surface area contributed by atoms with E-state index in [1.54, 1.807) is 13.0 Å². The van der Waals surface area contributed by atoms with Crippen molar-refractivity contribution in [2.75, 3.05) is 16.4 Å². The van der Waals surface area contributed by atoms with Gasteiger partial charge in [0.2, 0.25) is 17.5 Å². The fourth-order valence-corrected chi connectivity index (χ4v) is 2.07. The number of H-pyrrole nitrogens is 1. The summed E-state index contributed by atoms with van der Waals surface area (Å²) in [5.41, 5.74) is 10.3. The van der Waals surface area contributed by atoms with Crippen LogP contribution in [0, 0.1) is 13.8 Å². The number of amides is 1. The number of nitrogens with one attached hydrogen (secondary N) is 3. The number of carbonyl (C=O) groups excluding carboxylic acids is 1. The third kappa shape index (κ3) is 5.14. The number of nitrogens with two attached hydrogens (primary N) is 1. The van der Waals surface area contributed by atoms with Gasteiger partial charge in [-0.15, -0.1) is 0 Å². The van der Waals surface area contributed by atoms with E-state index < -0.39 is 0 Å². The molecule has 6 heteroatoms. The summed E-state index contributed by atoms with van der Waals surface area (Å²) in [6, 6.07) is 10.1. The zero-order valence-electron chi connectivity index (χ0n) is 13.7. The number of aromatic nitrogens is 1. The molecule has 0 unspecified atom stereocenters. The van der Waals surface area contributed by atoms with E-state index in [1.807, 2.05) is 6.07 Å². The number of hydrogen-bond donors (Lipinski definition) is 3. The van der Waals surface area contributed by atoms with E-state index >= 15 is 0 Å². The summed E-state index contributed by atoms with van der Waals surface area (Å²) >= 11 is 0. The van der Waals surface area contributed by atoms with Crippen LogP contribution >= 0.6 is 0 Å². The second-order valence-corrected chi connectivity index (χ2v) is 5.37. The van der Waals surface area contributed by atoms with Crippen LogP contribution in [0.25, 0.3) is 0 Å². The zero-order chi connectivity index (χ0) is 16.1. The van der Waals surface area contributed by atoms with E-state index in [9.17, 15) is 4.79 Å². The smallest absolute Gasteiger partial charge is 0.241 e. The molecule has 0 radical (unpaired) electrons. The molecule has 1 amide bonds. The molecule has 0 aliphatic rings. The Bertz CT molecular complexity index is 688. The molecule has 1 aromatic carbocycles. The average Bonchev–Trinajstić information content (AvgIpc) is 2.50. The lowest BCUT2D eigenvalue weighted by molar-refractivity contribution is -0.342. The third-order valence-electron chi connectivity index (χ3n) is 3.63. The zero-order valence-corrected chi connectivity index (χ0v) is 14.4. The van der Waals surface area contributed by atoms with Crippen molar-refractivity contribution >= 4 is 23.2 Å². The minimum absolute atomic E-state index is 0. The van der Waals surface area contributed by atoms with E-state index in [-0.39, 0.29) is 18.3 Å². The number of carbonyl (C=O) groups is 1. The number of anilines is 3. The Morgan fingerprint density at radius 1 is 1.17 bits per heavy atom. The van der Waals surface area contributed by atoms with Crippen LogP contribution in [-0.4, -0.2) is 5.91 Å². The summed E-state index contributed by atoms with van der Waals surface area (Å²) in [5.74, 6) is 1.19. The molecule has 124 valence electrons. The van der Waals surface area contributed by atoms with Gasteiger partial charge in [0.05, 0.1) is 6.54 Å². The van der Waals surface area contributed by atoms with E-state index in [0.29, 0.717) is 24.5 Å². The largest absolute Gasteiger partial charge is 1.00 e. The van der Waals surface area contributed by atoms with Crippen molar-refractivity contribution in [3.63, 3.8) is 0 Å². The first kappa shape index (κ1) is 18.8. The molecule has 0 bridgehead atoms. The van der Waals surface area contributed by atoms with Crippen molar-refractivity contribution in [3.05, 3.63) is 47.0 Å². The lowest BCUT2D eigenvalue weighted by Crippen LogP contribution is -3.00. The molecule has 2 rings (SSSR count). The van der Waals surface area contributed by atoms with Gasteiger partial charge in [0.1, 0.15) is 5.69 Å². The second-order valence-electron chi connectivity index (χ2n) is 5.37. The quantitative estimate of drug-likeness (QED) is 0.700. The summed E-state index contributed by atoms with van der Waals surface area (Å²) in [5, 5.41) is 6.05. The van der Waals surface area contributed by atoms with Gasteiger partial charge in [-0.05, 0) is 36.6 Å². The van der Waals surface area contributed by atoms with Crippen molar-refractivity contribution in [1.29, 1.82) is 0 Å². The first-order chi connectivity index (χ1) is 10.5. The highest BCUT2D eigenvalue weighted by Crippen LogP contribution is 2.16. The Labute approximate surface area is 143 Å². The summed E-state index contributed by atoms with van der Waals surface area (Å²) in [7, 11) is 0. The van der Waals surface area contributed by atoms with Crippen molar-refractivity contribution in [1.82, 2.24) is 0 Å². The fourth-order valence-electron chi connectivity index (χ4n) is 2.07. The van der Waals surface area contributed by atoms with E-state index in [4.69, 9.17) is 5.73 Å². The Morgan fingerprint density at radius 2 is 1.91 bits per heavy atom. The Hall–Kier alpha value is -2.27. The molecular formula is C17H23ClN4O. The predicted molar refractivity (Wildman–Crippen MR) is 89.6 cm³/mol. The highest BCUT2D eigenvalue weighted by Gasteiger charge is 2.09. The SMILES string of the molecule is CCC(=O)Nc1ccc(NCc2ccc(C)c(C)c2)[nH+]c1N.[Cl-].